The smallest absolute Gasteiger partial charge is 0.273 e. The van der Waals surface area contributed by atoms with Crippen molar-refractivity contribution in [1.82, 2.24) is 9.99 Å². The van der Waals surface area contributed by atoms with Crippen LogP contribution in [0, 0.1) is 20.2 Å². The third-order valence-electron chi connectivity index (χ3n) is 4.02. The molecule has 0 aliphatic rings. The van der Waals surface area contributed by atoms with Gasteiger partial charge in [0.15, 0.2) is 0 Å². The molecular formula is C19H15N5O5. The average Bonchev–Trinajstić information content (AvgIpc) is 3.17. The van der Waals surface area contributed by atoms with Crippen LogP contribution in [-0.2, 0) is 11.2 Å². The van der Waals surface area contributed by atoms with Gasteiger partial charge in [0.1, 0.15) is 0 Å². The number of nitro benzene ring substituents is 2. The molecule has 0 aliphatic heterocycles. The van der Waals surface area contributed by atoms with E-state index in [-0.39, 0.29) is 23.4 Å². The molecule has 0 bridgehead atoms. The molecule has 3 aromatic rings. The molecule has 10 heteroatoms. The SMILES string of the molecule is O=C(Cc1ccccc1[N+](=O)[O-])N/N=C/c1cccn1-c1cccc([N+](=O)[O-])c1. The first kappa shape index (κ1) is 19.4. The summed E-state index contributed by atoms with van der Waals surface area (Å²) >= 11 is 0. The number of nitrogens with one attached hydrogen (secondary N) is 1. The fraction of sp³-hybridized carbons (Fsp3) is 0.0526. The summed E-state index contributed by atoms with van der Waals surface area (Å²) in [5, 5.41) is 25.8. The quantitative estimate of drug-likeness (QED) is 0.374. The number of hydrogen-bond acceptors (Lipinski definition) is 6. The first-order valence-corrected chi connectivity index (χ1v) is 8.42. The Balaban J connectivity index is 1.70. The van der Waals surface area contributed by atoms with E-state index in [0.717, 1.165) is 0 Å². The molecule has 0 aliphatic carbocycles. The number of benzene rings is 2. The van der Waals surface area contributed by atoms with Crippen LogP contribution in [0.2, 0.25) is 0 Å². The van der Waals surface area contributed by atoms with E-state index in [0.29, 0.717) is 11.4 Å². The van der Waals surface area contributed by atoms with Crippen molar-refractivity contribution in [3.8, 4) is 5.69 Å². The van der Waals surface area contributed by atoms with Crippen LogP contribution in [0.1, 0.15) is 11.3 Å². The predicted molar refractivity (Wildman–Crippen MR) is 105 cm³/mol. The standard InChI is InChI=1S/C19H15N5O5/c25-19(11-14-5-1-2-9-18(14)24(28)29)21-20-13-17-8-4-10-22(17)15-6-3-7-16(12-15)23(26)27/h1-10,12-13H,11H2,(H,21,25)/b20-13+. The maximum Gasteiger partial charge on any atom is 0.273 e. The number of amides is 1. The number of nitrogens with zero attached hydrogens (tertiary/aromatic N) is 4. The summed E-state index contributed by atoms with van der Waals surface area (Å²) in [6.07, 6.45) is 2.89. The number of hydrazone groups is 1. The zero-order valence-electron chi connectivity index (χ0n) is 15.0. The zero-order valence-corrected chi connectivity index (χ0v) is 15.0. The van der Waals surface area contributed by atoms with E-state index in [1.807, 2.05) is 0 Å². The molecule has 146 valence electrons. The Morgan fingerprint density at radius 1 is 1.03 bits per heavy atom. The number of nitro groups is 2. The summed E-state index contributed by atoms with van der Waals surface area (Å²) in [6.45, 7) is 0. The van der Waals surface area contributed by atoms with Crippen LogP contribution >= 0.6 is 0 Å². The minimum Gasteiger partial charge on any atom is -0.315 e. The van der Waals surface area contributed by atoms with E-state index in [2.05, 4.69) is 10.5 Å². The normalized spacial score (nSPS) is 10.8. The van der Waals surface area contributed by atoms with Crippen LogP contribution in [0.4, 0.5) is 11.4 Å². The number of hydrogen-bond donors (Lipinski definition) is 1. The van der Waals surface area contributed by atoms with Crippen molar-refractivity contribution in [2.75, 3.05) is 0 Å². The average molecular weight is 393 g/mol. The Hall–Kier alpha value is -4.34. The molecule has 1 amide bonds. The summed E-state index contributed by atoms with van der Waals surface area (Å²) in [6, 6.07) is 15.5. The summed E-state index contributed by atoms with van der Waals surface area (Å²) in [4.78, 5) is 33.0. The molecule has 0 unspecified atom stereocenters. The van der Waals surface area contributed by atoms with Gasteiger partial charge in [-0.2, -0.15) is 5.10 Å². The second-order valence-corrected chi connectivity index (χ2v) is 5.94. The van der Waals surface area contributed by atoms with Crippen LogP contribution in [0.5, 0.6) is 0 Å². The Kier molecular flexibility index (Phi) is 5.74. The highest BCUT2D eigenvalue weighted by atomic mass is 16.6. The van der Waals surface area contributed by atoms with E-state index in [4.69, 9.17) is 0 Å². The topological polar surface area (TPSA) is 133 Å². The van der Waals surface area contributed by atoms with Crippen molar-refractivity contribution in [1.29, 1.82) is 0 Å². The Labute approximate surface area is 164 Å². The fourth-order valence-electron chi connectivity index (χ4n) is 2.71. The summed E-state index contributed by atoms with van der Waals surface area (Å²) in [5.41, 5.74) is 3.58. The Morgan fingerprint density at radius 3 is 2.59 bits per heavy atom. The lowest BCUT2D eigenvalue weighted by molar-refractivity contribution is -0.385. The number of rotatable bonds is 7. The fourth-order valence-corrected chi connectivity index (χ4v) is 2.71. The molecule has 29 heavy (non-hydrogen) atoms. The van der Waals surface area contributed by atoms with E-state index >= 15 is 0 Å². The largest absolute Gasteiger partial charge is 0.315 e. The summed E-state index contributed by atoms with van der Waals surface area (Å²) in [7, 11) is 0. The van der Waals surface area contributed by atoms with Crippen molar-refractivity contribution in [3.63, 3.8) is 0 Å². The van der Waals surface area contributed by atoms with Crippen molar-refractivity contribution >= 4 is 23.5 Å². The second-order valence-electron chi connectivity index (χ2n) is 5.94. The lowest BCUT2D eigenvalue weighted by atomic mass is 10.1. The Morgan fingerprint density at radius 2 is 1.83 bits per heavy atom. The van der Waals surface area contributed by atoms with Gasteiger partial charge in [-0.05, 0) is 18.2 Å². The number of aromatic nitrogens is 1. The van der Waals surface area contributed by atoms with Gasteiger partial charge in [0.2, 0.25) is 5.91 Å². The lowest BCUT2D eigenvalue weighted by Crippen LogP contribution is -2.20. The lowest BCUT2D eigenvalue weighted by Gasteiger charge is -2.06. The first-order chi connectivity index (χ1) is 14.0. The molecule has 2 aromatic carbocycles. The van der Waals surface area contributed by atoms with Crippen LogP contribution in [0.3, 0.4) is 0 Å². The van der Waals surface area contributed by atoms with Gasteiger partial charge in [0, 0.05) is 30.0 Å². The summed E-state index contributed by atoms with van der Waals surface area (Å²) < 4.78 is 1.67. The van der Waals surface area contributed by atoms with Crippen molar-refractivity contribution in [3.05, 3.63) is 98.3 Å². The van der Waals surface area contributed by atoms with Gasteiger partial charge in [-0.1, -0.05) is 24.3 Å². The Bertz CT molecular complexity index is 1110. The molecule has 1 N–H and O–H groups in total. The molecule has 3 rings (SSSR count). The molecule has 0 fully saturated rings. The predicted octanol–water partition coefficient (Wildman–Crippen LogP) is 2.99. The van der Waals surface area contributed by atoms with E-state index in [1.165, 1.54) is 36.5 Å². The van der Waals surface area contributed by atoms with Gasteiger partial charge in [0.05, 0.1) is 33.9 Å². The first-order valence-electron chi connectivity index (χ1n) is 8.42. The maximum absolute atomic E-state index is 12.1. The number of non-ortho nitro benzene ring substituents is 1. The molecule has 1 aromatic heterocycles. The van der Waals surface area contributed by atoms with Gasteiger partial charge >= 0.3 is 0 Å². The number of carbonyl (C=O) groups is 1. The van der Waals surface area contributed by atoms with Crippen LogP contribution in [0.15, 0.2) is 72.0 Å². The second kappa shape index (κ2) is 8.57. The third-order valence-corrected chi connectivity index (χ3v) is 4.02. The number of carbonyl (C=O) groups excluding carboxylic acids is 1. The van der Waals surface area contributed by atoms with Crippen molar-refractivity contribution in [2.45, 2.75) is 6.42 Å². The van der Waals surface area contributed by atoms with Crippen LogP contribution < -0.4 is 5.43 Å². The molecule has 0 spiro atoms. The van der Waals surface area contributed by atoms with Gasteiger partial charge < -0.3 is 4.57 Å². The third kappa shape index (κ3) is 4.69. The van der Waals surface area contributed by atoms with Crippen LogP contribution in [0.25, 0.3) is 5.69 Å². The minimum absolute atomic E-state index is 0.0446. The molecule has 0 radical (unpaired) electrons. The van der Waals surface area contributed by atoms with Crippen molar-refractivity contribution in [2.24, 2.45) is 5.10 Å². The van der Waals surface area contributed by atoms with Crippen LogP contribution in [-0.4, -0.2) is 26.5 Å². The van der Waals surface area contributed by atoms with E-state index in [1.54, 1.807) is 41.1 Å². The monoisotopic (exact) mass is 393 g/mol. The van der Waals surface area contributed by atoms with E-state index in [9.17, 15) is 25.0 Å². The number of para-hydroxylation sites is 1. The zero-order chi connectivity index (χ0) is 20.8. The van der Waals surface area contributed by atoms with Gasteiger partial charge in [0.25, 0.3) is 11.4 Å². The molecule has 1 heterocycles. The molecule has 0 saturated heterocycles. The van der Waals surface area contributed by atoms with Gasteiger partial charge in [-0.3, -0.25) is 25.0 Å². The van der Waals surface area contributed by atoms with Crippen molar-refractivity contribution < 1.29 is 14.6 Å². The minimum atomic E-state index is -0.544. The highest BCUT2D eigenvalue weighted by molar-refractivity contribution is 5.83. The highest BCUT2D eigenvalue weighted by Gasteiger charge is 2.15. The maximum atomic E-state index is 12.1. The van der Waals surface area contributed by atoms with E-state index < -0.39 is 15.8 Å². The van der Waals surface area contributed by atoms with Gasteiger partial charge in [-0.25, -0.2) is 5.43 Å². The molecule has 0 atom stereocenters. The molecule has 10 nitrogen and oxygen atoms in total. The highest BCUT2D eigenvalue weighted by Crippen LogP contribution is 2.19. The molecular weight excluding hydrogens is 378 g/mol. The summed E-state index contributed by atoms with van der Waals surface area (Å²) in [5.74, 6) is -0.510. The molecule has 0 saturated carbocycles. The van der Waals surface area contributed by atoms with Gasteiger partial charge in [-0.15, -0.1) is 0 Å².